The molecule has 1 aliphatic heterocycles. The fraction of sp³-hybridized carbons (Fsp3) is 0.727. The molecule has 2 unspecified atom stereocenters. The molecule has 2 atom stereocenters. The minimum Gasteiger partial charge on any atom is -0.481 e. The van der Waals surface area contributed by atoms with Crippen LogP contribution >= 0.6 is 15.9 Å². The molecule has 0 aliphatic carbocycles. The minimum absolute atomic E-state index is 0.0292. The lowest BCUT2D eigenvalue weighted by Crippen LogP contribution is -2.11. The second-order valence-electron chi connectivity index (χ2n) is 4.70. The van der Waals surface area contributed by atoms with Crippen LogP contribution in [0, 0.1) is 12.8 Å². The number of nitrogens with zero attached hydrogens (tertiary/aromatic N) is 2. The van der Waals surface area contributed by atoms with Crippen molar-refractivity contribution < 1.29 is 13.2 Å². The average molecular weight is 337 g/mol. The van der Waals surface area contributed by atoms with Crippen molar-refractivity contribution >= 4 is 25.8 Å². The van der Waals surface area contributed by atoms with E-state index in [1.54, 1.807) is 11.8 Å². The monoisotopic (exact) mass is 336 g/mol. The van der Waals surface area contributed by atoms with Crippen LogP contribution in [-0.2, 0) is 16.9 Å². The van der Waals surface area contributed by atoms with Crippen molar-refractivity contribution in [3.05, 3.63) is 11.3 Å². The van der Waals surface area contributed by atoms with E-state index in [-0.39, 0.29) is 22.3 Å². The Kier molecular flexibility index (Phi) is 3.73. The van der Waals surface area contributed by atoms with Crippen molar-refractivity contribution in [1.82, 2.24) is 9.78 Å². The third kappa shape index (κ3) is 2.42. The van der Waals surface area contributed by atoms with Crippen molar-refractivity contribution in [2.24, 2.45) is 13.0 Å². The molecule has 1 aromatic rings. The zero-order chi connectivity index (χ0) is 13.5. The average Bonchev–Trinajstić information content (AvgIpc) is 2.77. The van der Waals surface area contributed by atoms with Gasteiger partial charge in [0.1, 0.15) is 0 Å². The number of halogens is 1. The normalized spacial score (nSPS) is 24.1. The Labute approximate surface area is 116 Å². The zero-order valence-corrected chi connectivity index (χ0v) is 13.1. The van der Waals surface area contributed by atoms with Crippen LogP contribution in [0.5, 0.6) is 5.88 Å². The van der Waals surface area contributed by atoms with Gasteiger partial charge in [-0.15, -0.1) is 0 Å². The summed E-state index contributed by atoms with van der Waals surface area (Å²) in [4.78, 5) is -0.0292. The number of hydrogen-bond acceptors (Lipinski definition) is 4. The maximum atomic E-state index is 11.5. The molecule has 1 saturated heterocycles. The first-order valence-corrected chi connectivity index (χ1v) is 8.51. The molecule has 2 heterocycles. The van der Waals surface area contributed by atoms with Crippen LogP contribution in [0.1, 0.15) is 22.5 Å². The summed E-state index contributed by atoms with van der Waals surface area (Å²) >= 11 is 3.62. The molecule has 1 aromatic heterocycles. The molecule has 0 radical (unpaired) electrons. The van der Waals surface area contributed by atoms with Gasteiger partial charge in [-0.25, -0.2) is 13.1 Å². The largest absolute Gasteiger partial charge is 0.481 e. The Morgan fingerprint density at radius 3 is 2.72 bits per heavy atom. The standard InChI is InChI=1S/C11H17BrN2O3S/c1-7-9(11(17-3)14(2)13-7)10(12)8-4-5-18(15,16)6-8/h8,10H,4-6H2,1-3H3. The lowest BCUT2D eigenvalue weighted by atomic mass is 9.99. The fourth-order valence-corrected chi connectivity index (χ4v) is 5.57. The van der Waals surface area contributed by atoms with Gasteiger partial charge >= 0.3 is 0 Å². The highest BCUT2D eigenvalue weighted by molar-refractivity contribution is 9.09. The Balaban J connectivity index is 2.32. The minimum atomic E-state index is -2.87. The Morgan fingerprint density at radius 1 is 1.56 bits per heavy atom. The van der Waals surface area contributed by atoms with Gasteiger partial charge in [0.2, 0.25) is 5.88 Å². The number of alkyl halides is 1. The first-order valence-electron chi connectivity index (χ1n) is 5.77. The van der Waals surface area contributed by atoms with E-state index in [1.807, 2.05) is 14.0 Å². The molecule has 5 nitrogen and oxygen atoms in total. The molecule has 2 rings (SSSR count). The summed E-state index contributed by atoms with van der Waals surface area (Å²) in [5, 5.41) is 4.32. The SMILES string of the molecule is COc1c(C(Br)C2CCS(=O)(=O)C2)c(C)nn1C. The summed E-state index contributed by atoms with van der Waals surface area (Å²) in [6.45, 7) is 1.91. The van der Waals surface area contributed by atoms with Crippen LogP contribution in [0.25, 0.3) is 0 Å². The van der Waals surface area contributed by atoms with E-state index in [4.69, 9.17) is 4.74 Å². The summed E-state index contributed by atoms with van der Waals surface area (Å²) in [5.74, 6) is 1.30. The quantitative estimate of drug-likeness (QED) is 0.786. The Bertz CT molecular complexity index is 553. The van der Waals surface area contributed by atoms with Gasteiger partial charge in [-0.3, -0.25) is 0 Å². The maximum absolute atomic E-state index is 11.5. The van der Waals surface area contributed by atoms with Crippen molar-refractivity contribution in [2.75, 3.05) is 18.6 Å². The molecule has 0 amide bonds. The molecule has 1 aliphatic rings. The summed E-state index contributed by atoms with van der Waals surface area (Å²) < 4.78 is 30.1. The van der Waals surface area contributed by atoms with Crippen molar-refractivity contribution in [3.63, 3.8) is 0 Å². The third-order valence-electron chi connectivity index (χ3n) is 3.36. The van der Waals surface area contributed by atoms with E-state index >= 15 is 0 Å². The number of aromatic nitrogens is 2. The molecule has 7 heteroatoms. The van der Waals surface area contributed by atoms with E-state index in [1.165, 1.54) is 0 Å². The van der Waals surface area contributed by atoms with Gasteiger partial charge in [-0.2, -0.15) is 5.10 Å². The second-order valence-corrected chi connectivity index (χ2v) is 7.91. The molecule has 0 spiro atoms. The van der Waals surface area contributed by atoms with E-state index in [0.29, 0.717) is 12.3 Å². The van der Waals surface area contributed by atoms with Crippen LogP contribution in [-0.4, -0.2) is 36.8 Å². The first kappa shape index (κ1) is 13.9. The summed E-state index contributed by atoms with van der Waals surface area (Å²) in [7, 11) is 0.550. The van der Waals surface area contributed by atoms with Crippen LogP contribution in [0.4, 0.5) is 0 Å². The summed E-state index contributed by atoms with van der Waals surface area (Å²) in [5.41, 5.74) is 1.84. The van der Waals surface area contributed by atoms with E-state index in [9.17, 15) is 8.42 Å². The van der Waals surface area contributed by atoms with E-state index in [2.05, 4.69) is 21.0 Å². The zero-order valence-electron chi connectivity index (χ0n) is 10.7. The number of methoxy groups -OCH3 is 1. The molecule has 0 N–H and O–H groups in total. The van der Waals surface area contributed by atoms with Gasteiger partial charge in [0, 0.05) is 7.05 Å². The van der Waals surface area contributed by atoms with Gasteiger partial charge in [-0.1, -0.05) is 15.9 Å². The molecule has 1 fully saturated rings. The number of ether oxygens (including phenoxy) is 1. The smallest absolute Gasteiger partial charge is 0.215 e. The van der Waals surface area contributed by atoms with Gasteiger partial charge in [-0.05, 0) is 19.3 Å². The van der Waals surface area contributed by atoms with Crippen LogP contribution < -0.4 is 4.74 Å². The molecule has 0 saturated carbocycles. The summed E-state index contributed by atoms with van der Waals surface area (Å²) in [6, 6.07) is 0. The van der Waals surface area contributed by atoms with Crippen molar-refractivity contribution in [1.29, 1.82) is 0 Å². The third-order valence-corrected chi connectivity index (χ3v) is 6.36. The number of rotatable bonds is 3. The van der Waals surface area contributed by atoms with Gasteiger partial charge in [0.05, 0.1) is 34.7 Å². The molecule has 102 valence electrons. The lowest BCUT2D eigenvalue weighted by molar-refractivity contribution is 0.366. The van der Waals surface area contributed by atoms with Crippen LogP contribution in [0.15, 0.2) is 0 Å². The topological polar surface area (TPSA) is 61.2 Å². The molecular weight excluding hydrogens is 320 g/mol. The highest BCUT2D eigenvalue weighted by atomic mass is 79.9. The first-order chi connectivity index (χ1) is 8.35. The lowest BCUT2D eigenvalue weighted by Gasteiger charge is -2.17. The van der Waals surface area contributed by atoms with E-state index < -0.39 is 9.84 Å². The van der Waals surface area contributed by atoms with Crippen LogP contribution in [0.3, 0.4) is 0 Å². The highest BCUT2D eigenvalue weighted by Gasteiger charge is 2.36. The van der Waals surface area contributed by atoms with Crippen LogP contribution in [0.2, 0.25) is 0 Å². The van der Waals surface area contributed by atoms with E-state index in [0.717, 1.165) is 11.3 Å². The predicted octanol–water partition coefficient (Wildman–Crippen LogP) is 1.61. The highest BCUT2D eigenvalue weighted by Crippen LogP contribution is 2.42. The molecule has 18 heavy (non-hydrogen) atoms. The second kappa shape index (κ2) is 4.85. The van der Waals surface area contributed by atoms with Crippen molar-refractivity contribution in [2.45, 2.75) is 18.2 Å². The maximum Gasteiger partial charge on any atom is 0.215 e. The molecular formula is C11H17BrN2O3S. The molecule has 0 aromatic carbocycles. The van der Waals surface area contributed by atoms with Gasteiger partial charge in [0.25, 0.3) is 0 Å². The Hall–Kier alpha value is -0.560. The van der Waals surface area contributed by atoms with Gasteiger partial charge < -0.3 is 4.74 Å². The number of hydrogen-bond donors (Lipinski definition) is 0. The Morgan fingerprint density at radius 2 is 2.22 bits per heavy atom. The molecule has 0 bridgehead atoms. The van der Waals surface area contributed by atoms with Crippen molar-refractivity contribution in [3.8, 4) is 5.88 Å². The predicted molar refractivity (Wildman–Crippen MR) is 72.9 cm³/mol. The summed E-state index contributed by atoms with van der Waals surface area (Å²) in [6.07, 6.45) is 0.690. The van der Waals surface area contributed by atoms with Gasteiger partial charge in [0.15, 0.2) is 9.84 Å². The number of sulfone groups is 1. The fourth-order valence-electron chi connectivity index (χ4n) is 2.50. The number of aryl methyl sites for hydroxylation is 2.